The number of hydrogen-bond acceptors (Lipinski definition) is 5. The molecule has 138 valence electrons. The van der Waals surface area contributed by atoms with Gasteiger partial charge < -0.3 is 4.74 Å². The van der Waals surface area contributed by atoms with Crippen molar-refractivity contribution in [3.05, 3.63) is 65.5 Å². The maximum atomic E-state index is 12.6. The lowest BCUT2D eigenvalue weighted by molar-refractivity contribution is 0.102. The molecule has 0 bridgehead atoms. The maximum Gasteiger partial charge on any atom is 0.196 e. The van der Waals surface area contributed by atoms with Crippen molar-refractivity contribution in [3.63, 3.8) is 0 Å². The largest absolute Gasteiger partial charge is 0.497 e. The third kappa shape index (κ3) is 3.90. The van der Waals surface area contributed by atoms with Crippen LogP contribution in [0.5, 0.6) is 5.75 Å². The van der Waals surface area contributed by atoms with Crippen molar-refractivity contribution in [3.8, 4) is 11.4 Å². The summed E-state index contributed by atoms with van der Waals surface area (Å²) in [4.78, 5) is 12.6. The van der Waals surface area contributed by atoms with Crippen LogP contribution < -0.4 is 4.74 Å². The van der Waals surface area contributed by atoms with Gasteiger partial charge in [0.2, 0.25) is 0 Å². The van der Waals surface area contributed by atoms with E-state index in [1.165, 1.54) is 17.3 Å². The smallest absolute Gasteiger partial charge is 0.196 e. The number of aromatic nitrogens is 3. The Labute approximate surface area is 162 Å². The van der Waals surface area contributed by atoms with Gasteiger partial charge in [0.25, 0.3) is 0 Å². The van der Waals surface area contributed by atoms with Gasteiger partial charge in [-0.25, -0.2) is 0 Å². The van der Waals surface area contributed by atoms with Crippen LogP contribution in [0, 0.1) is 6.92 Å². The average molecular weight is 379 g/mol. The fourth-order valence-corrected chi connectivity index (χ4v) is 3.78. The second-order valence-corrected chi connectivity index (χ2v) is 7.67. The van der Waals surface area contributed by atoms with E-state index >= 15 is 0 Å². The first-order valence-electron chi connectivity index (χ1n) is 8.98. The van der Waals surface area contributed by atoms with Crippen molar-refractivity contribution in [2.75, 3.05) is 12.9 Å². The number of thioether (sulfide) groups is 1. The molecule has 0 saturated heterocycles. The Kier molecular flexibility index (Phi) is 4.99. The van der Waals surface area contributed by atoms with Gasteiger partial charge in [-0.05, 0) is 44.0 Å². The summed E-state index contributed by atoms with van der Waals surface area (Å²) >= 11 is 1.43. The van der Waals surface area contributed by atoms with Gasteiger partial charge in [0.1, 0.15) is 11.6 Å². The predicted octanol–water partition coefficient (Wildman–Crippen LogP) is 4.44. The Morgan fingerprint density at radius 1 is 1.19 bits per heavy atom. The molecule has 1 aliphatic rings. The monoisotopic (exact) mass is 379 g/mol. The van der Waals surface area contributed by atoms with Gasteiger partial charge in [0, 0.05) is 17.2 Å². The molecule has 1 fully saturated rings. The van der Waals surface area contributed by atoms with E-state index in [4.69, 9.17) is 4.74 Å². The number of carbonyl (C=O) groups is 1. The lowest BCUT2D eigenvalue weighted by Crippen LogP contribution is -2.06. The molecule has 27 heavy (non-hydrogen) atoms. The van der Waals surface area contributed by atoms with E-state index in [0.717, 1.165) is 29.5 Å². The molecule has 1 heterocycles. The molecule has 5 nitrogen and oxygen atoms in total. The molecule has 3 aromatic rings. The van der Waals surface area contributed by atoms with Gasteiger partial charge in [-0.1, -0.05) is 41.6 Å². The molecule has 0 N–H and O–H groups in total. The Balaban J connectivity index is 1.57. The van der Waals surface area contributed by atoms with Crippen LogP contribution in [0.3, 0.4) is 0 Å². The summed E-state index contributed by atoms with van der Waals surface area (Å²) in [5.74, 6) is 2.51. The van der Waals surface area contributed by atoms with Crippen molar-refractivity contribution >= 4 is 17.5 Å². The van der Waals surface area contributed by atoms with Crippen molar-refractivity contribution in [1.82, 2.24) is 14.8 Å². The van der Waals surface area contributed by atoms with Crippen molar-refractivity contribution in [2.45, 2.75) is 30.8 Å². The Morgan fingerprint density at radius 3 is 2.67 bits per heavy atom. The van der Waals surface area contributed by atoms with Crippen LogP contribution in [0.1, 0.15) is 40.5 Å². The number of ether oxygens (including phenoxy) is 1. The fourth-order valence-electron chi connectivity index (χ4n) is 2.93. The molecule has 1 saturated carbocycles. The Hall–Kier alpha value is -2.60. The quantitative estimate of drug-likeness (QED) is 0.449. The van der Waals surface area contributed by atoms with Gasteiger partial charge >= 0.3 is 0 Å². The summed E-state index contributed by atoms with van der Waals surface area (Å²) in [6.07, 6.45) is 2.30. The van der Waals surface area contributed by atoms with Crippen LogP contribution >= 0.6 is 11.8 Å². The predicted molar refractivity (Wildman–Crippen MR) is 106 cm³/mol. The Morgan fingerprint density at radius 2 is 1.96 bits per heavy atom. The van der Waals surface area contributed by atoms with Gasteiger partial charge in [-0.15, -0.1) is 10.2 Å². The summed E-state index contributed by atoms with van der Waals surface area (Å²) in [6.45, 7) is 2.07. The van der Waals surface area contributed by atoms with E-state index in [1.54, 1.807) is 13.2 Å². The highest BCUT2D eigenvalue weighted by Crippen LogP contribution is 2.41. The highest BCUT2D eigenvalue weighted by Gasteiger charge is 2.31. The lowest BCUT2D eigenvalue weighted by Gasteiger charge is -2.10. The van der Waals surface area contributed by atoms with Crippen LogP contribution in [0.2, 0.25) is 0 Å². The average Bonchev–Trinajstić information content (AvgIpc) is 3.46. The first-order valence-corrected chi connectivity index (χ1v) is 9.96. The summed E-state index contributed by atoms with van der Waals surface area (Å²) < 4.78 is 7.30. The second-order valence-electron chi connectivity index (χ2n) is 6.73. The van der Waals surface area contributed by atoms with E-state index < -0.39 is 0 Å². The zero-order valence-corrected chi connectivity index (χ0v) is 16.2. The topological polar surface area (TPSA) is 57.0 Å². The molecule has 0 aliphatic heterocycles. The number of rotatable bonds is 7. The first-order chi connectivity index (χ1) is 13.2. The molecular formula is C21H21N3O2S. The summed E-state index contributed by atoms with van der Waals surface area (Å²) in [5.41, 5.74) is 2.90. The normalized spacial score (nSPS) is 13.6. The molecule has 6 heteroatoms. The molecule has 0 unspecified atom stereocenters. The third-order valence-electron chi connectivity index (χ3n) is 4.62. The number of Topliss-reactive ketones (excluding diaryl/α,β-unsaturated/α-hetero) is 1. The molecule has 1 aromatic heterocycles. The van der Waals surface area contributed by atoms with Crippen molar-refractivity contribution in [2.24, 2.45) is 0 Å². The minimum absolute atomic E-state index is 0.0466. The van der Waals surface area contributed by atoms with E-state index in [-0.39, 0.29) is 5.78 Å². The molecule has 0 radical (unpaired) electrons. The summed E-state index contributed by atoms with van der Waals surface area (Å²) in [5, 5.41) is 9.55. The number of aryl methyl sites for hydroxylation is 1. The highest BCUT2D eigenvalue weighted by atomic mass is 32.2. The molecule has 0 atom stereocenters. The molecular weight excluding hydrogens is 358 g/mol. The zero-order chi connectivity index (χ0) is 18.8. The number of ketones is 1. The number of nitrogens with zero attached hydrogens (tertiary/aromatic N) is 3. The summed E-state index contributed by atoms with van der Waals surface area (Å²) in [7, 11) is 1.60. The van der Waals surface area contributed by atoms with E-state index in [0.29, 0.717) is 23.0 Å². The standard InChI is InChI=1S/C21H21N3O2S/c1-14-6-10-17(11-7-14)24-20(15-8-9-15)22-23-21(24)27-13-19(25)16-4-3-5-18(12-16)26-2/h3-7,10-12,15H,8-9,13H2,1-2H3. The van der Waals surface area contributed by atoms with Gasteiger partial charge in [0.15, 0.2) is 10.9 Å². The molecule has 0 amide bonds. The fraction of sp³-hybridized carbons (Fsp3) is 0.286. The maximum absolute atomic E-state index is 12.6. The second kappa shape index (κ2) is 7.56. The van der Waals surface area contributed by atoms with E-state index in [1.807, 2.05) is 18.2 Å². The van der Waals surface area contributed by atoms with Gasteiger partial charge in [-0.3, -0.25) is 9.36 Å². The van der Waals surface area contributed by atoms with Crippen molar-refractivity contribution < 1.29 is 9.53 Å². The third-order valence-corrected chi connectivity index (χ3v) is 5.55. The molecule has 1 aliphatic carbocycles. The van der Waals surface area contributed by atoms with Crippen LogP contribution in [0.25, 0.3) is 5.69 Å². The zero-order valence-electron chi connectivity index (χ0n) is 15.4. The van der Waals surface area contributed by atoms with Crippen LogP contribution in [0.4, 0.5) is 0 Å². The Bertz CT molecular complexity index is 962. The number of hydrogen-bond donors (Lipinski definition) is 0. The van der Waals surface area contributed by atoms with Gasteiger partial charge in [-0.2, -0.15) is 0 Å². The number of methoxy groups -OCH3 is 1. The van der Waals surface area contributed by atoms with Crippen LogP contribution in [-0.2, 0) is 0 Å². The molecule has 0 spiro atoms. The highest BCUT2D eigenvalue weighted by molar-refractivity contribution is 7.99. The minimum Gasteiger partial charge on any atom is -0.497 e. The van der Waals surface area contributed by atoms with Gasteiger partial charge in [0.05, 0.1) is 12.9 Å². The van der Waals surface area contributed by atoms with Crippen LogP contribution in [0.15, 0.2) is 53.7 Å². The minimum atomic E-state index is 0.0466. The van der Waals surface area contributed by atoms with Crippen LogP contribution in [-0.4, -0.2) is 33.4 Å². The number of carbonyl (C=O) groups excluding carboxylic acids is 1. The van der Waals surface area contributed by atoms with Crippen molar-refractivity contribution in [1.29, 1.82) is 0 Å². The van der Waals surface area contributed by atoms with E-state index in [9.17, 15) is 4.79 Å². The summed E-state index contributed by atoms with van der Waals surface area (Å²) in [6, 6.07) is 15.6. The SMILES string of the molecule is COc1cccc(C(=O)CSc2nnc(C3CC3)n2-c2ccc(C)cc2)c1. The van der Waals surface area contributed by atoms with E-state index in [2.05, 4.69) is 46.0 Å². The first kappa shape index (κ1) is 17.8. The molecule has 4 rings (SSSR count). The number of benzene rings is 2. The molecule has 2 aromatic carbocycles. The lowest BCUT2D eigenvalue weighted by atomic mass is 10.1.